The Balaban J connectivity index is 2.20. The quantitative estimate of drug-likeness (QED) is 0.801. The molecule has 16 heavy (non-hydrogen) atoms. The molecule has 0 aromatic heterocycles. The van der Waals surface area contributed by atoms with Gasteiger partial charge in [0.1, 0.15) is 0 Å². The smallest absolute Gasteiger partial charge is 0.0210 e. The van der Waals surface area contributed by atoms with Crippen molar-refractivity contribution in [2.24, 2.45) is 0 Å². The van der Waals surface area contributed by atoms with E-state index in [0.29, 0.717) is 0 Å². The van der Waals surface area contributed by atoms with Gasteiger partial charge in [0.05, 0.1) is 0 Å². The molecule has 2 aromatic carbocycles. The molecule has 0 bridgehead atoms. The zero-order valence-corrected chi connectivity index (χ0v) is 10.2. The Morgan fingerprint density at radius 2 is 1.62 bits per heavy atom. The molecule has 84 valence electrons. The first-order valence-electron chi connectivity index (χ1n) is 5.77. The summed E-state index contributed by atoms with van der Waals surface area (Å²) in [6.45, 7) is 7.49. The lowest BCUT2D eigenvalue weighted by atomic mass is 10.1. The molecule has 0 aliphatic heterocycles. The van der Waals surface area contributed by atoms with Crippen molar-refractivity contribution in [3.05, 3.63) is 48.0 Å². The Morgan fingerprint density at radius 3 is 2.31 bits per heavy atom. The number of fused-ring (bicyclic) bond motifs is 1. The zero-order chi connectivity index (χ0) is 11.6. The van der Waals surface area contributed by atoms with Crippen molar-refractivity contribution < 1.29 is 0 Å². The van der Waals surface area contributed by atoms with Gasteiger partial charge in [-0.05, 0) is 43.2 Å². The molecule has 0 saturated heterocycles. The largest absolute Gasteiger partial charge is 0.308 e. The van der Waals surface area contributed by atoms with Crippen molar-refractivity contribution in [1.29, 1.82) is 0 Å². The molecule has 0 aliphatic carbocycles. The molecule has 0 saturated carbocycles. The average Bonchev–Trinajstić information content (AvgIpc) is 2.25. The van der Waals surface area contributed by atoms with Crippen LogP contribution < -0.4 is 5.32 Å². The van der Waals surface area contributed by atoms with Gasteiger partial charge in [-0.2, -0.15) is 0 Å². The number of benzene rings is 2. The van der Waals surface area contributed by atoms with E-state index in [4.69, 9.17) is 0 Å². The van der Waals surface area contributed by atoms with E-state index in [1.54, 1.807) is 0 Å². The van der Waals surface area contributed by atoms with Crippen LogP contribution in [0.4, 0.5) is 0 Å². The fourth-order valence-electron chi connectivity index (χ4n) is 1.72. The zero-order valence-electron chi connectivity index (χ0n) is 10.2. The van der Waals surface area contributed by atoms with Crippen LogP contribution in [0.25, 0.3) is 10.8 Å². The SMILES string of the molecule is CC(C)(C)NCc1ccc2ccccc2c1. The Labute approximate surface area is 97.5 Å². The molecule has 0 fully saturated rings. The monoisotopic (exact) mass is 213 g/mol. The van der Waals surface area contributed by atoms with Crippen LogP contribution in [0.2, 0.25) is 0 Å². The van der Waals surface area contributed by atoms with Crippen LogP contribution in [0, 0.1) is 0 Å². The molecule has 0 unspecified atom stereocenters. The topological polar surface area (TPSA) is 12.0 Å². The summed E-state index contributed by atoms with van der Waals surface area (Å²) in [5.41, 5.74) is 1.51. The third-order valence-electron chi connectivity index (χ3n) is 2.64. The summed E-state index contributed by atoms with van der Waals surface area (Å²) in [7, 11) is 0. The van der Waals surface area contributed by atoms with E-state index in [0.717, 1.165) is 6.54 Å². The molecule has 0 aliphatic rings. The minimum Gasteiger partial charge on any atom is -0.308 e. The van der Waals surface area contributed by atoms with E-state index in [1.165, 1.54) is 16.3 Å². The molecule has 0 amide bonds. The number of nitrogens with one attached hydrogen (secondary N) is 1. The maximum Gasteiger partial charge on any atom is 0.0210 e. The van der Waals surface area contributed by atoms with Gasteiger partial charge >= 0.3 is 0 Å². The first-order valence-corrected chi connectivity index (χ1v) is 5.77. The predicted molar refractivity (Wildman–Crippen MR) is 70.5 cm³/mol. The molecular formula is C15H19N. The van der Waals surface area contributed by atoms with Crippen molar-refractivity contribution in [2.45, 2.75) is 32.9 Å². The lowest BCUT2D eigenvalue weighted by Crippen LogP contribution is -2.35. The Morgan fingerprint density at radius 1 is 0.938 bits per heavy atom. The van der Waals surface area contributed by atoms with Gasteiger partial charge in [0.25, 0.3) is 0 Å². The van der Waals surface area contributed by atoms with E-state index >= 15 is 0 Å². The molecule has 2 aromatic rings. The molecule has 0 atom stereocenters. The maximum atomic E-state index is 3.50. The van der Waals surface area contributed by atoms with Gasteiger partial charge in [0.2, 0.25) is 0 Å². The van der Waals surface area contributed by atoms with E-state index < -0.39 is 0 Å². The number of rotatable bonds is 2. The highest BCUT2D eigenvalue weighted by Gasteiger charge is 2.08. The molecular weight excluding hydrogens is 194 g/mol. The molecule has 0 heterocycles. The van der Waals surface area contributed by atoms with Crippen molar-refractivity contribution in [1.82, 2.24) is 5.32 Å². The first-order chi connectivity index (χ1) is 7.54. The van der Waals surface area contributed by atoms with Crippen molar-refractivity contribution >= 4 is 10.8 Å². The lowest BCUT2D eigenvalue weighted by molar-refractivity contribution is 0.424. The van der Waals surface area contributed by atoms with Gasteiger partial charge in [-0.1, -0.05) is 36.4 Å². The normalized spacial score (nSPS) is 11.9. The Bertz CT molecular complexity index is 480. The fourth-order valence-corrected chi connectivity index (χ4v) is 1.72. The van der Waals surface area contributed by atoms with Gasteiger partial charge in [-0.3, -0.25) is 0 Å². The van der Waals surface area contributed by atoms with Crippen LogP contribution in [0.3, 0.4) is 0 Å². The van der Waals surface area contributed by atoms with Crippen LogP contribution in [-0.4, -0.2) is 5.54 Å². The molecule has 2 rings (SSSR count). The number of hydrogen-bond donors (Lipinski definition) is 1. The fraction of sp³-hybridized carbons (Fsp3) is 0.333. The summed E-state index contributed by atoms with van der Waals surface area (Å²) in [5, 5.41) is 6.13. The van der Waals surface area contributed by atoms with Crippen LogP contribution in [0.5, 0.6) is 0 Å². The van der Waals surface area contributed by atoms with E-state index in [2.05, 4.69) is 68.6 Å². The molecule has 1 nitrogen and oxygen atoms in total. The van der Waals surface area contributed by atoms with Crippen LogP contribution in [0.15, 0.2) is 42.5 Å². The van der Waals surface area contributed by atoms with Gasteiger partial charge < -0.3 is 5.32 Å². The summed E-state index contributed by atoms with van der Waals surface area (Å²) in [6.07, 6.45) is 0. The second-order valence-electron chi connectivity index (χ2n) is 5.29. The number of hydrogen-bond acceptors (Lipinski definition) is 1. The predicted octanol–water partition coefficient (Wildman–Crippen LogP) is 3.73. The highest BCUT2D eigenvalue weighted by atomic mass is 14.9. The summed E-state index contributed by atoms with van der Waals surface area (Å²) in [5.74, 6) is 0. The summed E-state index contributed by atoms with van der Waals surface area (Å²) >= 11 is 0. The lowest BCUT2D eigenvalue weighted by Gasteiger charge is -2.20. The second-order valence-corrected chi connectivity index (χ2v) is 5.29. The average molecular weight is 213 g/mol. The van der Waals surface area contributed by atoms with E-state index in [1.807, 2.05) is 0 Å². The van der Waals surface area contributed by atoms with Gasteiger partial charge in [-0.25, -0.2) is 0 Å². The summed E-state index contributed by atoms with van der Waals surface area (Å²) in [4.78, 5) is 0. The van der Waals surface area contributed by atoms with Gasteiger partial charge in [-0.15, -0.1) is 0 Å². The molecule has 0 radical (unpaired) electrons. The third kappa shape index (κ3) is 2.83. The maximum absolute atomic E-state index is 3.50. The standard InChI is InChI=1S/C15H19N/c1-15(2,3)16-11-12-8-9-13-6-4-5-7-14(13)10-12/h4-10,16H,11H2,1-3H3. The third-order valence-corrected chi connectivity index (χ3v) is 2.64. The van der Waals surface area contributed by atoms with Gasteiger partial charge in [0.15, 0.2) is 0 Å². The minimum absolute atomic E-state index is 0.172. The second kappa shape index (κ2) is 4.26. The highest BCUT2D eigenvalue weighted by Crippen LogP contribution is 2.16. The van der Waals surface area contributed by atoms with E-state index in [-0.39, 0.29) is 5.54 Å². The van der Waals surface area contributed by atoms with Crippen molar-refractivity contribution in [3.63, 3.8) is 0 Å². The van der Waals surface area contributed by atoms with Gasteiger partial charge in [0, 0.05) is 12.1 Å². The Kier molecular flexibility index (Phi) is 2.97. The van der Waals surface area contributed by atoms with Crippen molar-refractivity contribution in [2.75, 3.05) is 0 Å². The van der Waals surface area contributed by atoms with Crippen LogP contribution in [-0.2, 0) is 6.54 Å². The van der Waals surface area contributed by atoms with Crippen LogP contribution >= 0.6 is 0 Å². The van der Waals surface area contributed by atoms with Crippen molar-refractivity contribution in [3.8, 4) is 0 Å². The Hall–Kier alpha value is -1.34. The molecule has 1 N–H and O–H groups in total. The molecule has 0 spiro atoms. The molecule has 1 heteroatoms. The highest BCUT2D eigenvalue weighted by molar-refractivity contribution is 5.82. The van der Waals surface area contributed by atoms with Crippen LogP contribution in [0.1, 0.15) is 26.3 Å². The summed E-state index contributed by atoms with van der Waals surface area (Å²) < 4.78 is 0. The minimum atomic E-state index is 0.172. The first kappa shape index (κ1) is 11.2. The summed E-state index contributed by atoms with van der Waals surface area (Å²) in [6, 6.07) is 15.1. The van der Waals surface area contributed by atoms with E-state index in [9.17, 15) is 0 Å².